The lowest BCUT2D eigenvalue weighted by Crippen LogP contribution is -2.53. The van der Waals surface area contributed by atoms with Crippen LogP contribution in [0.5, 0.6) is 0 Å². The molecule has 0 amide bonds. The lowest BCUT2D eigenvalue weighted by molar-refractivity contribution is -0.138. The maximum Gasteiger partial charge on any atom is 0.333 e. The fourth-order valence-electron chi connectivity index (χ4n) is 4.20. The molecule has 2 fully saturated rings. The summed E-state index contributed by atoms with van der Waals surface area (Å²) < 4.78 is 40.9. The molecule has 3 unspecified atom stereocenters. The molecule has 2 heterocycles. The summed E-state index contributed by atoms with van der Waals surface area (Å²) in [4.78, 5) is 11.7. The van der Waals surface area contributed by atoms with E-state index in [1.807, 2.05) is 0 Å². The molecule has 2 saturated heterocycles. The topological polar surface area (TPSA) is 88.3 Å². The van der Waals surface area contributed by atoms with E-state index in [-0.39, 0.29) is 12.1 Å². The number of hydrogen-bond acceptors (Lipinski definition) is 8. The Hall–Kier alpha value is -0.379. The number of ether oxygens (including phenoxy) is 5. The molecule has 3 atom stereocenters. The molecule has 2 aliphatic rings. The third-order valence-electron chi connectivity index (χ3n) is 5.92. The van der Waals surface area contributed by atoms with Crippen LogP contribution in [0.15, 0.2) is 12.2 Å². The highest BCUT2D eigenvalue weighted by Crippen LogP contribution is 2.29. The van der Waals surface area contributed by atoms with Crippen molar-refractivity contribution >= 4 is 31.2 Å². The normalized spacial score (nSPS) is 21.4. The summed E-state index contributed by atoms with van der Waals surface area (Å²) in [6, 6.07) is 2.96. The minimum Gasteiger partial charge on any atom is -0.462 e. The van der Waals surface area contributed by atoms with Gasteiger partial charge < -0.3 is 31.9 Å². The second-order valence-electron chi connectivity index (χ2n) is 11.1. The lowest BCUT2D eigenvalue weighted by Gasteiger charge is -2.40. The zero-order valence-corrected chi connectivity index (χ0v) is 25.8. The predicted molar refractivity (Wildman–Crippen MR) is 144 cm³/mol. The van der Waals surface area contributed by atoms with Crippen molar-refractivity contribution in [1.29, 1.82) is 0 Å². The van der Waals surface area contributed by atoms with Crippen LogP contribution in [0.2, 0.25) is 50.9 Å². The molecule has 0 spiro atoms. The highest BCUT2D eigenvalue weighted by atomic mass is 28.5. The number of carbonyl (C=O) groups is 1. The van der Waals surface area contributed by atoms with E-state index in [0.29, 0.717) is 38.1 Å². The third kappa shape index (κ3) is 14.8. The van der Waals surface area contributed by atoms with Crippen molar-refractivity contribution in [3.8, 4) is 0 Å². The largest absolute Gasteiger partial charge is 0.462 e. The van der Waals surface area contributed by atoms with Crippen LogP contribution in [0.1, 0.15) is 26.2 Å². The average molecular weight is 549 g/mol. The van der Waals surface area contributed by atoms with Gasteiger partial charge in [0.25, 0.3) is 0 Å². The van der Waals surface area contributed by atoms with E-state index < -0.39 is 25.2 Å². The van der Waals surface area contributed by atoms with Gasteiger partial charge in [-0.1, -0.05) is 6.58 Å². The van der Waals surface area contributed by atoms with Gasteiger partial charge in [0.05, 0.1) is 33.0 Å². The summed E-state index contributed by atoms with van der Waals surface area (Å²) in [6.45, 7) is 21.4. The van der Waals surface area contributed by atoms with Gasteiger partial charge in [0.15, 0.2) is 16.6 Å². The van der Waals surface area contributed by atoms with Crippen LogP contribution in [-0.2, 0) is 36.7 Å². The Labute approximate surface area is 215 Å². The summed E-state index contributed by atoms with van der Waals surface area (Å²) in [5.74, 6) is -0.329. The number of carbonyl (C=O) groups excluding carboxylic acids is 1. The van der Waals surface area contributed by atoms with E-state index in [0.717, 1.165) is 57.2 Å². The highest BCUT2D eigenvalue weighted by Gasteiger charge is 2.41. The lowest BCUT2D eigenvalue weighted by atomic mass is 10.4. The molecule has 0 radical (unpaired) electrons. The zero-order chi connectivity index (χ0) is 26.0. The number of esters is 1. The molecule has 204 valence electrons. The van der Waals surface area contributed by atoms with E-state index in [1.165, 1.54) is 0 Å². The molecule has 0 aromatic carbocycles. The maximum absolute atomic E-state index is 11.7. The SMILES string of the molecule is C=C(C)C(=O)OCCC[Si](C)(CCCOCC1CO1)O[Si](C)(C)O[Si](C)(C)CCCOCC1CO1. The smallest absolute Gasteiger partial charge is 0.333 e. The van der Waals surface area contributed by atoms with Crippen molar-refractivity contribution in [1.82, 2.24) is 0 Å². The summed E-state index contributed by atoms with van der Waals surface area (Å²) in [6.07, 6.45) is 3.34. The standard InChI is InChI=1S/C24H48O8Si3/c1-21(2)24(25)28-13-10-16-35(7,15-9-12-27-18-23-20-30-23)32-34(5,6)31-33(3,4)14-8-11-26-17-22-19-29-22/h22-23H,1,8-20H2,2-7H3. The summed E-state index contributed by atoms with van der Waals surface area (Å²) in [5.41, 5.74) is 0.429. The molecular formula is C24H48O8Si3. The maximum atomic E-state index is 11.7. The highest BCUT2D eigenvalue weighted by molar-refractivity contribution is 6.88. The van der Waals surface area contributed by atoms with Crippen LogP contribution in [0, 0.1) is 0 Å². The second kappa shape index (κ2) is 14.5. The van der Waals surface area contributed by atoms with Crippen molar-refractivity contribution in [3.63, 3.8) is 0 Å². The zero-order valence-electron chi connectivity index (χ0n) is 22.8. The molecule has 0 aromatic rings. The quantitative estimate of drug-likeness (QED) is 0.0675. The molecule has 2 aliphatic heterocycles. The molecule has 0 saturated carbocycles. The molecular weight excluding hydrogens is 501 g/mol. The van der Waals surface area contributed by atoms with Crippen molar-refractivity contribution in [2.24, 2.45) is 0 Å². The van der Waals surface area contributed by atoms with Gasteiger partial charge in [0, 0.05) is 18.8 Å². The molecule has 11 heteroatoms. The van der Waals surface area contributed by atoms with Crippen LogP contribution in [0.25, 0.3) is 0 Å². The number of epoxide rings is 2. The van der Waals surface area contributed by atoms with Gasteiger partial charge in [0.1, 0.15) is 12.2 Å². The fraction of sp³-hybridized carbons (Fsp3) is 0.875. The van der Waals surface area contributed by atoms with Crippen molar-refractivity contribution in [2.75, 3.05) is 46.2 Å². The second-order valence-corrected chi connectivity index (χ2v) is 23.5. The number of hydrogen-bond donors (Lipinski definition) is 0. The van der Waals surface area contributed by atoms with Gasteiger partial charge in [-0.25, -0.2) is 4.79 Å². The van der Waals surface area contributed by atoms with Gasteiger partial charge in [0.2, 0.25) is 0 Å². The Morgan fingerprint density at radius 1 is 0.829 bits per heavy atom. The minimum absolute atomic E-state index is 0.289. The van der Waals surface area contributed by atoms with Crippen molar-refractivity contribution in [3.05, 3.63) is 12.2 Å². The summed E-state index contributed by atoms with van der Waals surface area (Å²) in [7, 11) is -6.33. The third-order valence-corrected chi connectivity index (χ3v) is 18.4. The van der Waals surface area contributed by atoms with Crippen LogP contribution in [0.3, 0.4) is 0 Å². The molecule has 35 heavy (non-hydrogen) atoms. The van der Waals surface area contributed by atoms with E-state index in [9.17, 15) is 4.79 Å². The molecule has 0 aliphatic carbocycles. The first-order valence-corrected chi connectivity index (χ1v) is 21.8. The molecule has 0 aromatic heterocycles. The van der Waals surface area contributed by atoms with Gasteiger partial charge in [-0.2, -0.15) is 0 Å². The van der Waals surface area contributed by atoms with E-state index in [4.69, 9.17) is 31.9 Å². The van der Waals surface area contributed by atoms with Crippen LogP contribution < -0.4 is 0 Å². The molecule has 2 rings (SSSR count). The molecule has 0 N–H and O–H groups in total. The fourth-order valence-corrected chi connectivity index (χ4v) is 19.1. The molecule has 8 nitrogen and oxygen atoms in total. The first-order valence-electron chi connectivity index (χ1n) is 13.0. The Balaban J connectivity index is 1.81. The number of rotatable bonds is 21. The van der Waals surface area contributed by atoms with Crippen LogP contribution >= 0.6 is 0 Å². The van der Waals surface area contributed by atoms with Crippen LogP contribution in [0.4, 0.5) is 0 Å². The van der Waals surface area contributed by atoms with Gasteiger partial charge >= 0.3 is 14.5 Å². The van der Waals surface area contributed by atoms with Gasteiger partial charge in [-0.3, -0.25) is 0 Å². The summed E-state index contributed by atoms with van der Waals surface area (Å²) in [5, 5.41) is 0. The van der Waals surface area contributed by atoms with E-state index >= 15 is 0 Å². The summed E-state index contributed by atoms with van der Waals surface area (Å²) >= 11 is 0. The first kappa shape index (κ1) is 30.8. The van der Waals surface area contributed by atoms with E-state index in [2.05, 4.69) is 39.3 Å². The Bertz CT molecular complexity index is 667. The van der Waals surface area contributed by atoms with E-state index in [1.54, 1.807) is 6.92 Å². The van der Waals surface area contributed by atoms with Crippen LogP contribution in [-0.4, -0.2) is 89.6 Å². The van der Waals surface area contributed by atoms with Gasteiger partial charge in [-0.05, 0) is 77.1 Å². The van der Waals surface area contributed by atoms with Gasteiger partial charge in [-0.15, -0.1) is 0 Å². The first-order chi connectivity index (χ1) is 16.4. The van der Waals surface area contributed by atoms with Crippen molar-refractivity contribution in [2.45, 2.75) is 89.3 Å². The molecule has 0 bridgehead atoms. The minimum atomic E-state index is -2.35. The Morgan fingerprint density at radius 3 is 1.80 bits per heavy atom. The Morgan fingerprint density at radius 2 is 1.31 bits per heavy atom. The van der Waals surface area contributed by atoms with Crippen molar-refractivity contribution < 1.29 is 36.7 Å². The monoisotopic (exact) mass is 548 g/mol. The predicted octanol–water partition coefficient (Wildman–Crippen LogP) is 4.62. The Kier molecular flexibility index (Phi) is 12.8. The average Bonchev–Trinajstić information content (AvgIpc) is 3.64.